The van der Waals surface area contributed by atoms with Crippen LogP contribution in [0, 0.1) is 20.8 Å². The van der Waals surface area contributed by atoms with Gasteiger partial charge in [0.25, 0.3) is 5.91 Å². The number of anilines is 1. The number of benzene rings is 1. The molecule has 0 aliphatic heterocycles. The van der Waals surface area contributed by atoms with Crippen molar-refractivity contribution in [2.75, 3.05) is 11.9 Å². The number of carbonyl (C=O) groups excluding carboxylic acids is 2. The molecule has 0 aromatic heterocycles. The van der Waals surface area contributed by atoms with Crippen molar-refractivity contribution in [3.8, 4) is 0 Å². The summed E-state index contributed by atoms with van der Waals surface area (Å²) in [7, 11) is 1.63. The second-order valence-electron chi connectivity index (χ2n) is 4.07. The molecule has 86 valence electrons. The molecule has 3 nitrogen and oxygen atoms in total. The van der Waals surface area contributed by atoms with Crippen LogP contribution in [0.4, 0.5) is 5.69 Å². The monoisotopic (exact) mass is 219 g/mol. The third-order valence-corrected chi connectivity index (χ3v) is 3.00. The number of aryl methyl sites for hydroxylation is 1. The molecule has 0 radical (unpaired) electrons. The number of rotatable bonds is 2. The highest BCUT2D eigenvalue weighted by molar-refractivity contribution is 6.40. The molecule has 16 heavy (non-hydrogen) atoms. The van der Waals surface area contributed by atoms with E-state index in [0.717, 1.165) is 16.8 Å². The molecular formula is C13H17NO2. The van der Waals surface area contributed by atoms with Crippen LogP contribution < -0.4 is 4.90 Å². The Morgan fingerprint density at radius 2 is 1.62 bits per heavy atom. The number of hydrogen-bond donors (Lipinski definition) is 0. The Balaban J connectivity index is 3.20. The molecular weight excluding hydrogens is 202 g/mol. The first kappa shape index (κ1) is 12.4. The van der Waals surface area contributed by atoms with E-state index >= 15 is 0 Å². The van der Waals surface area contributed by atoms with Gasteiger partial charge in [-0.15, -0.1) is 0 Å². The maximum atomic E-state index is 11.6. The summed E-state index contributed by atoms with van der Waals surface area (Å²) in [5.41, 5.74) is 4.17. The minimum absolute atomic E-state index is 0.444. The van der Waals surface area contributed by atoms with E-state index in [1.165, 1.54) is 17.4 Å². The van der Waals surface area contributed by atoms with Crippen LogP contribution >= 0.6 is 0 Å². The first-order valence-corrected chi connectivity index (χ1v) is 5.21. The Morgan fingerprint density at radius 1 is 1.06 bits per heavy atom. The molecule has 0 bridgehead atoms. The number of Topliss-reactive ketones (excluding diaryl/α,β-unsaturated/α-hetero) is 1. The Hall–Kier alpha value is -1.64. The molecule has 1 amide bonds. The fraction of sp³-hybridized carbons (Fsp3) is 0.385. The van der Waals surface area contributed by atoms with Crippen molar-refractivity contribution in [3.05, 3.63) is 28.8 Å². The number of carbonyl (C=O) groups is 2. The second-order valence-corrected chi connectivity index (χ2v) is 4.07. The average molecular weight is 219 g/mol. The molecule has 1 rings (SSSR count). The van der Waals surface area contributed by atoms with E-state index < -0.39 is 11.7 Å². The van der Waals surface area contributed by atoms with Gasteiger partial charge in [-0.2, -0.15) is 0 Å². The molecule has 0 saturated heterocycles. The minimum Gasteiger partial charge on any atom is -0.309 e. The average Bonchev–Trinajstić information content (AvgIpc) is 2.24. The third-order valence-electron chi connectivity index (χ3n) is 3.00. The van der Waals surface area contributed by atoms with Gasteiger partial charge in [-0.1, -0.05) is 6.07 Å². The van der Waals surface area contributed by atoms with Crippen molar-refractivity contribution in [1.29, 1.82) is 0 Å². The van der Waals surface area contributed by atoms with Gasteiger partial charge in [-0.05, 0) is 43.5 Å². The van der Waals surface area contributed by atoms with Crippen LogP contribution in [0.15, 0.2) is 12.1 Å². The van der Waals surface area contributed by atoms with Crippen LogP contribution in [-0.2, 0) is 9.59 Å². The molecule has 0 saturated carbocycles. The number of likely N-dealkylation sites (N-methyl/N-ethyl adjacent to an activating group) is 1. The second kappa shape index (κ2) is 4.47. The summed E-state index contributed by atoms with van der Waals surface area (Å²) in [6.07, 6.45) is 0. The van der Waals surface area contributed by atoms with Crippen molar-refractivity contribution in [1.82, 2.24) is 0 Å². The van der Waals surface area contributed by atoms with Gasteiger partial charge in [0.1, 0.15) is 0 Å². The number of hydrogen-bond acceptors (Lipinski definition) is 2. The normalized spacial score (nSPS) is 10.1. The van der Waals surface area contributed by atoms with Crippen LogP contribution in [-0.4, -0.2) is 18.7 Å². The summed E-state index contributed by atoms with van der Waals surface area (Å²) in [5.74, 6) is -0.925. The number of amides is 1. The van der Waals surface area contributed by atoms with Crippen LogP contribution in [0.3, 0.4) is 0 Å². The molecule has 0 aliphatic carbocycles. The zero-order valence-electron chi connectivity index (χ0n) is 10.4. The van der Waals surface area contributed by atoms with Crippen molar-refractivity contribution in [3.63, 3.8) is 0 Å². The van der Waals surface area contributed by atoms with E-state index in [1.807, 2.05) is 32.9 Å². The Kier molecular flexibility index (Phi) is 3.48. The molecule has 3 heteroatoms. The zero-order valence-corrected chi connectivity index (χ0v) is 10.4. The van der Waals surface area contributed by atoms with Gasteiger partial charge in [0.2, 0.25) is 5.78 Å². The van der Waals surface area contributed by atoms with Gasteiger partial charge in [-0.3, -0.25) is 9.59 Å². The van der Waals surface area contributed by atoms with Gasteiger partial charge >= 0.3 is 0 Å². The standard InChI is InChI=1S/C13H17NO2/c1-8-6-7-12(10(3)9(8)2)14(5)13(16)11(4)15/h6-7H,1-5H3. The molecule has 1 aromatic carbocycles. The fourth-order valence-corrected chi connectivity index (χ4v) is 1.65. The van der Waals surface area contributed by atoms with E-state index in [9.17, 15) is 9.59 Å². The minimum atomic E-state index is -0.480. The molecule has 0 N–H and O–H groups in total. The van der Waals surface area contributed by atoms with Gasteiger partial charge in [0.15, 0.2) is 0 Å². The van der Waals surface area contributed by atoms with E-state index in [-0.39, 0.29) is 0 Å². The van der Waals surface area contributed by atoms with Gasteiger partial charge in [0.05, 0.1) is 0 Å². The molecule has 0 heterocycles. The van der Waals surface area contributed by atoms with Crippen molar-refractivity contribution >= 4 is 17.4 Å². The van der Waals surface area contributed by atoms with Crippen LogP contribution in [0.25, 0.3) is 0 Å². The van der Waals surface area contributed by atoms with Crippen molar-refractivity contribution < 1.29 is 9.59 Å². The highest BCUT2D eigenvalue weighted by Gasteiger charge is 2.17. The summed E-state index contributed by atoms with van der Waals surface area (Å²) in [6.45, 7) is 7.29. The lowest BCUT2D eigenvalue weighted by Gasteiger charge is -2.20. The summed E-state index contributed by atoms with van der Waals surface area (Å²) in [5, 5.41) is 0. The summed E-state index contributed by atoms with van der Waals surface area (Å²) in [4.78, 5) is 24.0. The summed E-state index contributed by atoms with van der Waals surface area (Å²) >= 11 is 0. The van der Waals surface area contributed by atoms with Gasteiger partial charge < -0.3 is 4.90 Å². The number of ketones is 1. The molecule has 0 unspecified atom stereocenters. The Morgan fingerprint density at radius 3 is 2.12 bits per heavy atom. The Bertz CT molecular complexity index is 449. The smallest absolute Gasteiger partial charge is 0.293 e. The molecule has 0 aliphatic rings. The van der Waals surface area contributed by atoms with Crippen LogP contribution in [0.2, 0.25) is 0 Å². The highest BCUT2D eigenvalue weighted by Crippen LogP contribution is 2.24. The largest absolute Gasteiger partial charge is 0.309 e. The third kappa shape index (κ3) is 2.13. The van der Waals surface area contributed by atoms with Crippen LogP contribution in [0.1, 0.15) is 23.6 Å². The summed E-state index contributed by atoms with van der Waals surface area (Å²) < 4.78 is 0. The molecule has 0 fully saturated rings. The predicted molar refractivity (Wildman–Crippen MR) is 64.7 cm³/mol. The van der Waals surface area contributed by atoms with Crippen molar-refractivity contribution in [2.24, 2.45) is 0 Å². The summed E-state index contributed by atoms with van der Waals surface area (Å²) in [6, 6.07) is 3.83. The lowest BCUT2D eigenvalue weighted by molar-refractivity contribution is -0.134. The van der Waals surface area contributed by atoms with E-state index in [0.29, 0.717) is 0 Å². The quantitative estimate of drug-likeness (QED) is 0.715. The first-order valence-electron chi connectivity index (χ1n) is 5.21. The van der Waals surface area contributed by atoms with Gasteiger partial charge in [-0.25, -0.2) is 0 Å². The van der Waals surface area contributed by atoms with E-state index in [4.69, 9.17) is 0 Å². The Labute approximate surface area is 96.1 Å². The maximum Gasteiger partial charge on any atom is 0.293 e. The maximum absolute atomic E-state index is 11.6. The van der Waals surface area contributed by atoms with Gasteiger partial charge in [0, 0.05) is 19.7 Å². The van der Waals surface area contributed by atoms with E-state index in [2.05, 4.69) is 0 Å². The molecule has 1 aromatic rings. The highest BCUT2D eigenvalue weighted by atomic mass is 16.2. The number of nitrogens with zero attached hydrogens (tertiary/aromatic N) is 1. The molecule has 0 spiro atoms. The van der Waals surface area contributed by atoms with Crippen LogP contribution in [0.5, 0.6) is 0 Å². The zero-order chi connectivity index (χ0) is 12.5. The predicted octanol–water partition coefficient (Wildman–Crippen LogP) is 2.16. The molecule has 0 atom stereocenters. The lowest BCUT2D eigenvalue weighted by Crippen LogP contribution is -2.32. The SMILES string of the molecule is CC(=O)C(=O)N(C)c1ccc(C)c(C)c1C. The van der Waals surface area contributed by atoms with E-state index in [1.54, 1.807) is 7.05 Å². The topological polar surface area (TPSA) is 37.4 Å². The van der Waals surface area contributed by atoms with Crippen molar-refractivity contribution in [2.45, 2.75) is 27.7 Å². The lowest BCUT2D eigenvalue weighted by atomic mass is 10.0. The fourth-order valence-electron chi connectivity index (χ4n) is 1.65. The first-order chi connectivity index (χ1) is 7.36.